The number of rotatable bonds is 7. The summed E-state index contributed by atoms with van der Waals surface area (Å²) in [6, 6.07) is 5.99. The lowest BCUT2D eigenvalue weighted by Gasteiger charge is -2.13. The molecule has 0 spiro atoms. The molecule has 126 valence electrons. The number of hydrogen-bond donors (Lipinski definition) is 2. The Bertz CT molecular complexity index is 531. The van der Waals surface area contributed by atoms with Crippen molar-refractivity contribution in [3.8, 4) is 5.75 Å². The van der Waals surface area contributed by atoms with Crippen molar-refractivity contribution in [1.82, 2.24) is 10.6 Å². The minimum atomic E-state index is -0.179. The summed E-state index contributed by atoms with van der Waals surface area (Å²) in [5.74, 6) is 0.789. The van der Waals surface area contributed by atoms with Crippen LogP contribution in [0.3, 0.4) is 0 Å². The summed E-state index contributed by atoms with van der Waals surface area (Å²) >= 11 is 0. The van der Waals surface area contributed by atoms with Gasteiger partial charge in [-0.05, 0) is 37.8 Å². The molecule has 2 amide bonds. The van der Waals surface area contributed by atoms with E-state index < -0.39 is 0 Å². The van der Waals surface area contributed by atoms with Gasteiger partial charge < -0.3 is 15.4 Å². The molecule has 0 unspecified atom stereocenters. The number of benzene rings is 1. The Morgan fingerprint density at radius 2 is 1.78 bits per heavy atom. The third-order valence-corrected chi connectivity index (χ3v) is 4.23. The Balaban J connectivity index is 1.62. The molecule has 0 saturated heterocycles. The third kappa shape index (κ3) is 5.27. The molecule has 1 aliphatic rings. The van der Waals surface area contributed by atoms with E-state index in [0.29, 0.717) is 13.2 Å². The van der Waals surface area contributed by atoms with Crippen LogP contribution in [0.25, 0.3) is 0 Å². The van der Waals surface area contributed by atoms with Crippen LogP contribution < -0.4 is 15.4 Å². The summed E-state index contributed by atoms with van der Waals surface area (Å²) < 4.78 is 5.72. The van der Waals surface area contributed by atoms with Gasteiger partial charge in [0.05, 0.1) is 13.1 Å². The number of carbonyl (C=O) groups excluding carboxylic acids is 2. The third-order valence-electron chi connectivity index (χ3n) is 4.23. The van der Waals surface area contributed by atoms with Gasteiger partial charge >= 0.3 is 0 Å². The second-order valence-electron chi connectivity index (χ2n) is 6.12. The van der Waals surface area contributed by atoms with E-state index >= 15 is 0 Å². The molecular formula is C18H26N2O3. The number of hydrogen-bond acceptors (Lipinski definition) is 3. The lowest BCUT2D eigenvalue weighted by atomic mass is 10.1. The second-order valence-corrected chi connectivity index (χ2v) is 6.12. The van der Waals surface area contributed by atoms with Gasteiger partial charge in [0.1, 0.15) is 12.4 Å². The van der Waals surface area contributed by atoms with E-state index in [1.807, 2.05) is 32.0 Å². The minimum absolute atomic E-state index is 0.00411. The Morgan fingerprint density at radius 1 is 1.13 bits per heavy atom. The van der Waals surface area contributed by atoms with E-state index in [1.165, 1.54) is 0 Å². The maximum absolute atomic E-state index is 11.8. The molecule has 0 radical (unpaired) electrons. The van der Waals surface area contributed by atoms with Gasteiger partial charge in [0.2, 0.25) is 11.8 Å². The molecule has 1 aromatic rings. The zero-order chi connectivity index (χ0) is 16.7. The van der Waals surface area contributed by atoms with Crippen molar-refractivity contribution < 1.29 is 14.3 Å². The fourth-order valence-corrected chi connectivity index (χ4v) is 2.93. The number of nitrogens with one attached hydrogen (secondary N) is 2. The number of para-hydroxylation sites is 1. The lowest BCUT2D eigenvalue weighted by molar-refractivity contribution is -0.128. The molecule has 1 fully saturated rings. The van der Waals surface area contributed by atoms with E-state index in [4.69, 9.17) is 4.74 Å². The second kappa shape index (κ2) is 8.56. The van der Waals surface area contributed by atoms with Gasteiger partial charge in [-0.1, -0.05) is 31.0 Å². The molecule has 1 saturated carbocycles. The van der Waals surface area contributed by atoms with Crippen LogP contribution in [0.4, 0.5) is 0 Å². The molecule has 0 bridgehead atoms. The first-order chi connectivity index (χ1) is 11.1. The maximum Gasteiger partial charge on any atom is 0.239 e. The Hall–Kier alpha value is -2.04. The van der Waals surface area contributed by atoms with Crippen molar-refractivity contribution in [2.75, 3.05) is 19.7 Å². The molecule has 5 nitrogen and oxygen atoms in total. The Morgan fingerprint density at radius 3 is 2.43 bits per heavy atom. The molecule has 0 atom stereocenters. The summed E-state index contributed by atoms with van der Waals surface area (Å²) in [7, 11) is 0. The van der Waals surface area contributed by atoms with Crippen molar-refractivity contribution in [1.29, 1.82) is 0 Å². The summed E-state index contributed by atoms with van der Waals surface area (Å²) in [6.07, 6.45) is 4.11. The number of amides is 2. The Kier molecular flexibility index (Phi) is 6.44. The van der Waals surface area contributed by atoms with Gasteiger partial charge in [-0.15, -0.1) is 0 Å². The highest BCUT2D eigenvalue weighted by molar-refractivity contribution is 5.85. The number of carbonyl (C=O) groups is 2. The van der Waals surface area contributed by atoms with E-state index in [9.17, 15) is 9.59 Å². The van der Waals surface area contributed by atoms with E-state index in [2.05, 4.69) is 10.6 Å². The van der Waals surface area contributed by atoms with Crippen LogP contribution in [-0.2, 0) is 9.59 Å². The van der Waals surface area contributed by atoms with Crippen molar-refractivity contribution in [2.45, 2.75) is 39.5 Å². The fraction of sp³-hybridized carbons (Fsp3) is 0.556. The molecule has 1 aromatic carbocycles. The standard InChI is InChI=1S/C18H26N2O3/c1-13-6-5-7-14(2)17(13)23-11-10-19-16(21)12-20-18(22)15-8-3-4-9-15/h5-7,15H,3-4,8-12H2,1-2H3,(H,19,21)(H,20,22). The molecule has 23 heavy (non-hydrogen) atoms. The van der Waals surface area contributed by atoms with Gasteiger partial charge in [0.15, 0.2) is 0 Å². The van der Waals surface area contributed by atoms with Gasteiger partial charge in [0, 0.05) is 5.92 Å². The topological polar surface area (TPSA) is 67.4 Å². The number of ether oxygens (including phenoxy) is 1. The summed E-state index contributed by atoms with van der Waals surface area (Å²) in [5.41, 5.74) is 2.17. The highest BCUT2D eigenvalue weighted by Gasteiger charge is 2.22. The zero-order valence-corrected chi connectivity index (χ0v) is 14.0. The van der Waals surface area contributed by atoms with Crippen LogP contribution in [0, 0.1) is 19.8 Å². The summed E-state index contributed by atoms with van der Waals surface area (Å²) in [4.78, 5) is 23.6. The first-order valence-corrected chi connectivity index (χ1v) is 8.31. The predicted molar refractivity (Wildman–Crippen MR) is 89.4 cm³/mol. The van der Waals surface area contributed by atoms with Crippen LogP contribution in [-0.4, -0.2) is 31.5 Å². The van der Waals surface area contributed by atoms with Gasteiger partial charge in [-0.2, -0.15) is 0 Å². The molecule has 2 N–H and O–H groups in total. The molecule has 0 heterocycles. The summed E-state index contributed by atoms with van der Waals surface area (Å²) in [6.45, 7) is 4.87. The first kappa shape index (κ1) is 17.3. The van der Waals surface area contributed by atoms with Crippen LogP contribution in [0.5, 0.6) is 5.75 Å². The van der Waals surface area contributed by atoms with Gasteiger partial charge in [0.25, 0.3) is 0 Å². The fourth-order valence-electron chi connectivity index (χ4n) is 2.93. The van der Waals surface area contributed by atoms with Crippen molar-refractivity contribution in [2.24, 2.45) is 5.92 Å². The monoisotopic (exact) mass is 318 g/mol. The SMILES string of the molecule is Cc1cccc(C)c1OCCNC(=O)CNC(=O)C1CCCC1. The van der Waals surface area contributed by atoms with Crippen LogP contribution in [0.15, 0.2) is 18.2 Å². The molecule has 1 aliphatic carbocycles. The smallest absolute Gasteiger partial charge is 0.239 e. The maximum atomic E-state index is 11.8. The van der Waals surface area contributed by atoms with Crippen molar-refractivity contribution in [3.05, 3.63) is 29.3 Å². The Labute approximate surface area is 137 Å². The highest BCUT2D eigenvalue weighted by Crippen LogP contribution is 2.24. The van der Waals surface area contributed by atoms with Crippen molar-refractivity contribution >= 4 is 11.8 Å². The zero-order valence-electron chi connectivity index (χ0n) is 14.0. The summed E-state index contributed by atoms with van der Waals surface area (Å²) in [5, 5.41) is 5.47. The van der Waals surface area contributed by atoms with Crippen LogP contribution in [0.2, 0.25) is 0 Å². The van der Waals surface area contributed by atoms with Crippen LogP contribution >= 0.6 is 0 Å². The van der Waals surface area contributed by atoms with E-state index in [-0.39, 0.29) is 24.3 Å². The molecular weight excluding hydrogens is 292 g/mol. The quantitative estimate of drug-likeness (QED) is 0.757. The molecule has 2 rings (SSSR count). The molecule has 0 aromatic heterocycles. The average molecular weight is 318 g/mol. The van der Waals surface area contributed by atoms with Gasteiger partial charge in [-0.3, -0.25) is 9.59 Å². The van der Waals surface area contributed by atoms with Gasteiger partial charge in [-0.25, -0.2) is 0 Å². The predicted octanol–water partition coefficient (Wildman–Crippen LogP) is 2.10. The number of aryl methyl sites for hydroxylation is 2. The minimum Gasteiger partial charge on any atom is -0.491 e. The molecule has 5 heteroatoms. The normalized spacial score (nSPS) is 14.5. The van der Waals surface area contributed by atoms with E-state index in [0.717, 1.165) is 42.6 Å². The average Bonchev–Trinajstić information content (AvgIpc) is 3.06. The highest BCUT2D eigenvalue weighted by atomic mass is 16.5. The largest absolute Gasteiger partial charge is 0.491 e. The molecule has 0 aliphatic heterocycles. The first-order valence-electron chi connectivity index (χ1n) is 8.31. The van der Waals surface area contributed by atoms with Crippen LogP contribution in [0.1, 0.15) is 36.8 Å². The van der Waals surface area contributed by atoms with E-state index in [1.54, 1.807) is 0 Å². The van der Waals surface area contributed by atoms with Crippen molar-refractivity contribution in [3.63, 3.8) is 0 Å². The lowest BCUT2D eigenvalue weighted by Crippen LogP contribution is -2.40.